The van der Waals surface area contributed by atoms with Crippen LogP contribution in [-0.4, -0.2) is 4.57 Å². The van der Waals surface area contributed by atoms with Crippen molar-refractivity contribution in [3.63, 3.8) is 0 Å². The molecule has 0 N–H and O–H groups in total. The molecule has 0 spiro atoms. The van der Waals surface area contributed by atoms with E-state index in [1.54, 1.807) is 4.90 Å². The third-order valence-electron chi connectivity index (χ3n) is 12.9. The molecule has 3 nitrogen and oxygen atoms in total. The molecule has 12 aromatic rings. The van der Waals surface area contributed by atoms with E-state index in [9.17, 15) is 6.85 Å². The minimum Gasteiger partial charge on any atom is -0.455 e. The topological polar surface area (TPSA) is 21.3 Å². The normalized spacial score (nSPS) is 16.0. The Morgan fingerprint density at radius 3 is 1.71 bits per heavy atom. The Morgan fingerprint density at radius 2 is 1.02 bits per heavy atom. The summed E-state index contributed by atoms with van der Waals surface area (Å²) in [7, 11) is 0. The Morgan fingerprint density at radius 1 is 0.409 bits per heavy atom. The Labute approximate surface area is 405 Å². The summed E-state index contributed by atoms with van der Waals surface area (Å²) in [5, 5.41) is 1.60. The lowest BCUT2D eigenvalue weighted by Crippen LogP contribution is -2.16. The zero-order valence-corrected chi connectivity index (χ0v) is 35.6. The first-order valence-electron chi connectivity index (χ1n) is 29.1. The highest BCUT2D eigenvalue weighted by atomic mass is 16.3. The summed E-state index contributed by atoms with van der Waals surface area (Å²) in [5.41, 5.74) is 6.62. The van der Waals surface area contributed by atoms with Gasteiger partial charge in [-0.25, -0.2) is 0 Å². The molecule has 0 saturated heterocycles. The number of nitrogens with zero attached hydrogens (tertiary/aromatic N) is 2. The zero-order chi connectivity index (χ0) is 57.0. The Balaban J connectivity index is 1.01. The molecule has 3 heteroatoms. The Hall–Kier alpha value is -8.40. The summed E-state index contributed by atoms with van der Waals surface area (Å²) in [6, 6.07) is 36.2. The number of aromatic nitrogens is 1. The van der Waals surface area contributed by atoms with Crippen LogP contribution in [0.15, 0.2) is 235 Å². The van der Waals surface area contributed by atoms with Gasteiger partial charge in [-0.05, 0) is 105 Å². The lowest BCUT2D eigenvalue weighted by Gasteiger charge is -2.28. The van der Waals surface area contributed by atoms with Crippen molar-refractivity contribution in [2.24, 2.45) is 0 Å². The van der Waals surface area contributed by atoms with Gasteiger partial charge >= 0.3 is 0 Å². The summed E-state index contributed by atoms with van der Waals surface area (Å²) in [6.45, 7) is 4.26. The van der Waals surface area contributed by atoms with Crippen molar-refractivity contribution in [3.05, 3.63) is 241 Å². The van der Waals surface area contributed by atoms with Crippen LogP contribution in [0.5, 0.6) is 0 Å². The smallest absolute Gasteiger partial charge is 0.143 e. The summed E-state index contributed by atoms with van der Waals surface area (Å²) < 4.78 is 145. The molecule has 1 aliphatic carbocycles. The predicted molar refractivity (Wildman–Crippen MR) is 277 cm³/mol. The molecule has 0 aliphatic heterocycles. The van der Waals surface area contributed by atoms with Crippen molar-refractivity contribution in [2.75, 3.05) is 4.90 Å². The fraction of sp³-hybridized carbons (Fsp3) is 0.0476. The predicted octanol–water partition coefficient (Wildman–Crippen LogP) is 17.5. The van der Waals surface area contributed by atoms with Crippen LogP contribution in [0.3, 0.4) is 0 Å². The summed E-state index contributed by atoms with van der Waals surface area (Å²) in [4.78, 5) is 1.67. The molecule has 1 aliphatic rings. The number of anilines is 3. The van der Waals surface area contributed by atoms with Crippen molar-refractivity contribution in [3.8, 4) is 50.2 Å². The van der Waals surface area contributed by atoms with E-state index in [2.05, 4.69) is 66.9 Å². The first kappa shape index (κ1) is 25.8. The van der Waals surface area contributed by atoms with Crippen molar-refractivity contribution in [1.29, 1.82) is 0 Å². The largest absolute Gasteiger partial charge is 0.455 e. The van der Waals surface area contributed by atoms with E-state index >= 15 is 0 Å². The molecule has 2 heterocycles. The SMILES string of the molecule is [2H]c1c([2H])c([2H])c(-c2c([2H])c([2H])c([2H])c3c2oc2c(-c4c([2H])c([2H])c(N(c5ccc(-c6cccc(-n7c8ccccc8c8ccccc87)c6)cc5)c5ccc6c(c5)C(C)(C)c5ccccc5-6)c([2H])c4[2H])c([2H])c([2H])c([2H])c23)c([2H])c1[2H]. The van der Waals surface area contributed by atoms with Crippen LogP contribution >= 0.6 is 0 Å². The number of hydrogen-bond acceptors (Lipinski definition) is 2. The van der Waals surface area contributed by atoms with Gasteiger partial charge in [-0.2, -0.15) is 0 Å². The molecule has 0 fully saturated rings. The molecule has 2 aromatic heterocycles. The van der Waals surface area contributed by atoms with Crippen LogP contribution in [0.25, 0.3) is 93.9 Å². The van der Waals surface area contributed by atoms with Crippen LogP contribution in [0, 0.1) is 0 Å². The number of hydrogen-bond donors (Lipinski definition) is 0. The van der Waals surface area contributed by atoms with Crippen molar-refractivity contribution in [1.82, 2.24) is 4.57 Å². The minimum absolute atomic E-state index is 0.145. The van der Waals surface area contributed by atoms with Gasteiger partial charge in [0.1, 0.15) is 11.2 Å². The standard InChI is InChI=1S/C63H44N2O/c1-63(2)57-26-9-6-19-51(57)52-38-37-48(40-58(52)63)64(45-33-29-41(30-34-45)44-17-12-18-47(39-44)65-59-27-10-7-20-53(59)54-21-8-11-28-60(54)65)46-35-31-43(32-36-46)50-23-14-25-56-55-24-13-22-49(61(55)66-62(50)56)42-15-4-3-5-16-42/h3-40H,1-2H3/i3D,4D,5D,13D,14D,15D,16D,22D,23D,24D,25D,31D,32D,35D,36D. The van der Waals surface area contributed by atoms with Gasteiger partial charge in [0.15, 0.2) is 0 Å². The van der Waals surface area contributed by atoms with E-state index in [0.29, 0.717) is 11.4 Å². The summed E-state index contributed by atoms with van der Waals surface area (Å²) in [6.07, 6.45) is 0. The van der Waals surface area contributed by atoms with Crippen LogP contribution in [0.4, 0.5) is 17.1 Å². The van der Waals surface area contributed by atoms with Crippen LogP contribution in [-0.2, 0) is 5.41 Å². The van der Waals surface area contributed by atoms with Crippen LogP contribution in [0.1, 0.15) is 45.5 Å². The maximum Gasteiger partial charge on any atom is 0.143 e. The van der Waals surface area contributed by atoms with Crippen molar-refractivity contribution in [2.45, 2.75) is 19.3 Å². The highest BCUT2D eigenvalue weighted by molar-refractivity contribution is 6.13. The molecule has 0 saturated carbocycles. The number of furan rings is 1. The second-order valence-electron chi connectivity index (χ2n) is 16.9. The second kappa shape index (κ2) is 14.8. The zero-order valence-electron chi connectivity index (χ0n) is 50.6. The van der Waals surface area contributed by atoms with E-state index in [1.807, 2.05) is 91.0 Å². The minimum atomic E-state index is -0.747. The van der Waals surface area contributed by atoms with Gasteiger partial charge in [-0.1, -0.05) is 183 Å². The maximum absolute atomic E-state index is 9.91. The van der Waals surface area contributed by atoms with E-state index < -0.39 is 129 Å². The van der Waals surface area contributed by atoms with Crippen LogP contribution in [0.2, 0.25) is 0 Å². The van der Waals surface area contributed by atoms with E-state index in [1.165, 1.54) is 0 Å². The molecule has 0 radical (unpaired) electrons. The van der Waals surface area contributed by atoms with Gasteiger partial charge in [0.2, 0.25) is 0 Å². The van der Waals surface area contributed by atoms with Gasteiger partial charge in [0.25, 0.3) is 0 Å². The van der Waals surface area contributed by atoms with E-state index in [-0.39, 0.29) is 16.5 Å². The number of fused-ring (bicyclic) bond motifs is 9. The third kappa shape index (κ3) is 5.90. The molecule has 0 atom stereocenters. The van der Waals surface area contributed by atoms with Gasteiger partial charge in [0, 0.05) is 60.8 Å². The fourth-order valence-corrected chi connectivity index (χ4v) is 9.78. The number of benzene rings is 10. The highest BCUT2D eigenvalue weighted by Crippen LogP contribution is 2.51. The molecular weight excluding hydrogens is 801 g/mol. The Kier molecular flexibility index (Phi) is 5.80. The number of para-hydroxylation sites is 4. The summed E-state index contributed by atoms with van der Waals surface area (Å²) >= 11 is 0. The summed E-state index contributed by atoms with van der Waals surface area (Å²) in [5.74, 6) is 0. The molecule has 0 bridgehead atoms. The number of rotatable bonds is 7. The van der Waals surface area contributed by atoms with Gasteiger partial charge in [-0.3, -0.25) is 0 Å². The van der Waals surface area contributed by atoms with E-state index in [4.69, 9.17) is 18.1 Å². The maximum atomic E-state index is 9.91. The average Bonchev–Trinajstić information content (AvgIpc) is 4.34. The molecule has 0 unspecified atom stereocenters. The first-order valence-corrected chi connectivity index (χ1v) is 21.6. The molecule has 10 aromatic carbocycles. The molecular formula is C63H44N2O. The lowest BCUT2D eigenvalue weighted by atomic mass is 9.82. The van der Waals surface area contributed by atoms with Gasteiger partial charge in [-0.15, -0.1) is 0 Å². The second-order valence-corrected chi connectivity index (χ2v) is 16.9. The Bertz CT molecular complexity index is 4640. The quantitative estimate of drug-likeness (QED) is 0.159. The lowest BCUT2D eigenvalue weighted by molar-refractivity contribution is 0.660. The third-order valence-corrected chi connectivity index (χ3v) is 12.9. The van der Waals surface area contributed by atoms with Crippen LogP contribution < -0.4 is 4.90 Å². The molecule has 312 valence electrons. The van der Waals surface area contributed by atoms with E-state index in [0.717, 1.165) is 60.9 Å². The fourth-order valence-electron chi connectivity index (χ4n) is 9.78. The van der Waals surface area contributed by atoms with Gasteiger partial charge in [0.05, 0.1) is 31.6 Å². The monoisotopic (exact) mass is 859 g/mol. The van der Waals surface area contributed by atoms with Gasteiger partial charge < -0.3 is 13.9 Å². The van der Waals surface area contributed by atoms with Crippen molar-refractivity contribution >= 4 is 60.8 Å². The molecule has 66 heavy (non-hydrogen) atoms. The highest BCUT2D eigenvalue weighted by Gasteiger charge is 2.35. The average molecular weight is 860 g/mol. The molecule has 13 rings (SSSR count). The first-order chi connectivity index (χ1) is 38.7. The van der Waals surface area contributed by atoms with Crippen molar-refractivity contribution < 1.29 is 25.0 Å². The molecule has 0 amide bonds.